The first kappa shape index (κ1) is 29.0. The maximum atomic E-state index is 11.6. The molecule has 0 aromatic carbocycles. The third-order valence-corrected chi connectivity index (χ3v) is 17.2. The molecule has 5 atom stereocenters. The predicted molar refractivity (Wildman–Crippen MR) is 137 cm³/mol. The molecule has 182 valence electrons. The Morgan fingerprint density at radius 2 is 1.19 bits per heavy atom. The van der Waals surface area contributed by atoms with Crippen molar-refractivity contribution < 1.29 is 23.8 Å². The summed E-state index contributed by atoms with van der Waals surface area (Å²) in [5, 5.41) is 21.7. The molecule has 1 fully saturated rings. The standard InChI is InChI=1S/C23H48O5Si3/c1-10-30(11-2,12-3)27-22-19(16-17-29(7,8)9)26-20(18-24)23(21(22)25)28-31(13-4,14-5)15-6/h19-25H,10-15,18H2,1-9H3. The molecular weight excluding hydrogens is 441 g/mol. The molecule has 1 aliphatic rings. The SMILES string of the molecule is CC[Si](CC)(CC)OC1C(C#C[Si](C)(C)C)OC(CO)C(O[Si](CC)(CC)CC)C1O. The molecular formula is C23H48O5Si3. The lowest BCUT2D eigenvalue weighted by Gasteiger charge is -2.48. The molecule has 0 radical (unpaired) electrons. The highest BCUT2D eigenvalue weighted by Crippen LogP contribution is 2.35. The Morgan fingerprint density at radius 3 is 1.55 bits per heavy atom. The van der Waals surface area contributed by atoms with Crippen LogP contribution in [-0.4, -0.2) is 72.0 Å². The van der Waals surface area contributed by atoms with Crippen molar-refractivity contribution in [2.24, 2.45) is 0 Å². The Hall–Kier alpha value is 0.0106. The van der Waals surface area contributed by atoms with Gasteiger partial charge in [-0.05, 0) is 36.3 Å². The van der Waals surface area contributed by atoms with Crippen LogP contribution in [-0.2, 0) is 13.6 Å². The Bertz CT molecular complexity index is 574. The second-order valence-corrected chi connectivity index (χ2v) is 24.1. The van der Waals surface area contributed by atoms with Crippen LogP contribution in [0.4, 0.5) is 0 Å². The number of hydrogen-bond donors (Lipinski definition) is 2. The normalized spacial score (nSPS) is 27.6. The van der Waals surface area contributed by atoms with Crippen LogP contribution < -0.4 is 0 Å². The Labute approximate surface area is 194 Å². The molecule has 0 bridgehead atoms. The van der Waals surface area contributed by atoms with Gasteiger partial charge in [0, 0.05) is 0 Å². The van der Waals surface area contributed by atoms with E-state index in [1.165, 1.54) is 0 Å². The number of ether oxygens (including phenoxy) is 1. The summed E-state index contributed by atoms with van der Waals surface area (Å²) < 4.78 is 19.8. The largest absolute Gasteiger partial charge is 0.408 e. The minimum Gasteiger partial charge on any atom is -0.408 e. The maximum absolute atomic E-state index is 11.6. The summed E-state index contributed by atoms with van der Waals surface area (Å²) in [5.74, 6) is 3.30. The van der Waals surface area contributed by atoms with E-state index in [0.717, 1.165) is 36.3 Å². The summed E-state index contributed by atoms with van der Waals surface area (Å²) in [6.07, 6.45) is -3.12. The summed E-state index contributed by atoms with van der Waals surface area (Å²) in [4.78, 5) is 0. The summed E-state index contributed by atoms with van der Waals surface area (Å²) >= 11 is 0. The van der Waals surface area contributed by atoms with Crippen molar-refractivity contribution in [3.63, 3.8) is 0 Å². The molecule has 1 rings (SSSR count). The molecule has 0 saturated carbocycles. The minimum atomic E-state index is -2.01. The fourth-order valence-electron chi connectivity index (χ4n) is 4.33. The first-order valence-electron chi connectivity index (χ1n) is 12.3. The van der Waals surface area contributed by atoms with Gasteiger partial charge in [-0.2, -0.15) is 0 Å². The summed E-state index contributed by atoms with van der Waals surface area (Å²) in [7, 11) is -5.66. The monoisotopic (exact) mass is 488 g/mol. The highest BCUT2D eigenvalue weighted by atomic mass is 28.4. The van der Waals surface area contributed by atoms with Gasteiger partial charge in [0.2, 0.25) is 0 Å². The van der Waals surface area contributed by atoms with Crippen LogP contribution in [0.3, 0.4) is 0 Å². The molecule has 1 saturated heterocycles. The number of rotatable bonds is 11. The van der Waals surface area contributed by atoms with Crippen LogP contribution in [0.5, 0.6) is 0 Å². The summed E-state index contributed by atoms with van der Waals surface area (Å²) in [5.41, 5.74) is 3.40. The molecule has 31 heavy (non-hydrogen) atoms. The van der Waals surface area contributed by atoms with Crippen molar-refractivity contribution in [2.45, 2.75) is 128 Å². The first-order valence-corrected chi connectivity index (χ1v) is 20.9. The van der Waals surface area contributed by atoms with Crippen molar-refractivity contribution in [3.8, 4) is 11.5 Å². The van der Waals surface area contributed by atoms with E-state index in [9.17, 15) is 10.2 Å². The zero-order valence-corrected chi connectivity index (χ0v) is 24.5. The van der Waals surface area contributed by atoms with Crippen molar-refractivity contribution in [1.29, 1.82) is 0 Å². The lowest BCUT2D eigenvalue weighted by atomic mass is 9.95. The Kier molecular flexibility index (Phi) is 11.7. The fourth-order valence-corrected chi connectivity index (χ4v) is 10.6. The van der Waals surface area contributed by atoms with Gasteiger partial charge in [0.25, 0.3) is 0 Å². The van der Waals surface area contributed by atoms with Gasteiger partial charge < -0.3 is 23.8 Å². The van der Waals surface area contributed by atoms with Crippen LogP contribution in [0.25, 0.3) is 0 Å². The quantitative estimate of drug-likeness (QED) is 0.324. The minimum absolute atomic E-state index is 0.195. The summed E-state index contributed by atoms with van der Waals surface area (Å²) in [6, 6.07) is 5.90. The van der Waals surface area contributed by atoms with Gasteiger partial charge in [0.1, 0.15) is 38.6 Å². The average molecular weight is 489 g/mol. The number of aliphatic hydroxyl groups excluding tert-OH is 2. The van der Waals surface area contributed by atoms with Crippen LogP contribution >= 0.6 is 0 Å². The van der Waals surface area contributed by atoms with E-state index >= 15 is 0 Å². The fraction of sp³-hybridized carbons (Fsp3) is 0.913. The van der Waals surface area contributed by atoms with Crippen LogP contribution in [0.15, 0.2) is 0 Å². The van der Waals surface area contributed by atoms with Crippen LogP contribution in [0.1, 0.15) is 41.5 Å². The molecule has 0 amide bonds. The molecule has 2 N–H and O–H groups in total. The van der Waals surface area contributed by atoms with Gasteiger partial charge in [-0.1, -0.05) is 67.1 Å². The van der Waals surface area contributed by atoms with Gasteiger partial charge in [-0.3, -0.25) is 0 Å². The van der Waals surface area contributed by atoms with E-state index in [-0.39, 0.29) is 6.61 Å². The molecule has 8 heteroatoms. The highest BCUT2D eigenvalue weighted by Gasteiger charge is 2.50. The predicted octanol–water partition coefficient (Wildman–Crippen LogP) is 4.77. The van der Waals surface area contributed by atoms with Gasteiger partial charge in [0.05, 0.1) is 6.61 Å². The van der Waals surface area contributed by atoms with E-state index in [2.05, 4.69) is 72.6 Å². The van der Waals surface area contributed by atoms with Crippen molar-refractivity contribution >= 4 is 24.7 Å². The molecule has 5 nitrogen and oxygen atoms in total. The highest BCUT2D eigenvalue weighted by molar-refractivity contribution is 6.83. The molecule has 5 unspecified atom stereocenters. The molecule has 0 aromatic rings. The molecule has 1 aliphatic heterocycles. The molecule has 0 aromatic heterocycles. The molecule has 0 aliphatic carbocycles. The molecule has 0 spiro atoms. The molecule has 1 heterocycles. The zero-order chi connectivity index (χ0) is 23.9. The second kappa shape index (κ2) is 12.5. The lowest BCUT2D eigenvalue weighted by Crippen LogP contribution is -2.64. The maximum Gasteiger partial charge on any atom is 0.192 e. The van der Waals surface area contributed by atoms with Gasteiger partial charge in [0.15, 0.2) is 16.6 Å². The lowest BCUT2D eigenvalue weighted by molar-refractivity contribution is -0.205. The van der Waals surface area contributed by atoms with E-state index in [0.29, 0.717) is 0 Å². The topological polar surface area (TPSA) is 68.2 Å². The van der Waals surface area contributed by atoms with Crippen LogP contribution in [0, 0.1) is 11.5 Å². The second-order valence-electron chi connectivity index (χ2n) is 9.94. The van der Waals surface area contributed by atoms with E-state index in [1.54, 1.807) is 0 Å². The third-order valence-electron chi connectivity index (χ3n) is 7.07. The average Bonchev–Trinajstić information content (AvgIpc) is 2.76. The summed E-state index contributed by atoms with van der Waals surface area (Å²) in [6.45, 7) is 19.4. The van der Waals surface area contributed by atoms with Crippen molar-refractivity contribution in [3.05, 3.63) is 0 Å². The van der Waals surface area contributed by atoms with E-state index in [4.69, 9.17) is 13.6 Å². The number of hydrogen-bond acceptors (Lipinski definition) is 5. The Morgan fingerprint density at radius 1 is 0.774 bits per heavy atom. The van der Waals surface area contributed by atoms with E-state index in [1.807, 2.05) is 0 Å². The van der Waals surface area contributed by atoms with Gasteiger partial charge >= 0.3 is 0 Å². The van der Waals surface area contributed by atoms with Gasteiger partial charge in [-0.15, -0.1) is 5.54 Å². The zero-order valence-electron chi connectivity index (χ0n) is 21.5. The van der Waals surface area contributed by atoms with E-state index < -0.39 is 55.2 Å². The van der Waals surface area contributed by atoms with Crippen molar-refractivity contribution in [2.75, 3.05) is 6.61 Å². The smallest absolute Gasteiger partial charge is 0.192 e. The van der Waals surface area contributed by atoms with Gasteiger partial charge in [-0.25, -0.2) is 0 Å². The first-order chi connectivity index (χ1) is 14.5. The Balaban J connectivity index is 3.39. The third kappa shape index (κ3) is 7.51. The van der Waals surface area contributed by atoms with Crippen molar-refractivity contribution in [1.82, 2.24) is 0 Å². The number of aliphatic hydroxyl groups is 2. The van der Waals surface area contributed by atoms with Crippen LogP contribution in [0.2, 0.25) is 55.9 Å².